The van der Waals surface area contributed by atoms with Gasteiger partial charge in [-0.2, -0.15) is 0 Å². The molecule has 0 bridgehead atoms. The van der Waals surface area contributed by atoms with Crippen LogP contribution in [0.3, 0.4) is 0 Å². The summed E-state index contributed by atoms with van der Waals surface area (Å²) in [5, 5.41) is 0. The monoisotopic (exact) mass is 270 g/mol. The lowest BCUT2D eigenvalue weighted by Crippen LogP contribution is -2.47. The molecular weight excluding hydrogens is 248 g/mol. The summed E-state index contributed by atoms with van der Waals surface area (Å²) >= 11 is 0. The van der Waals surface area contributed by atoms with Crippen molar-refractivity contribution in [1.82, 2.24) is 4.90 Å². The van der Waals surface area contributed by atoms with Crippen molar-refractivity contribution in [1.29, 1.82) is 0 Å². The third-order valence-corrected chi connectivity index (χ3v) is 5.30. The SMILES string of the molecule is CC1CC[C@H]2C3CN3c3ccccc3C(=O)N2C(C)C1. The quantitative estimate of drug-likeness (QED) is 0.677. The van der Waals surface area contributed by atoms with Gasteiger partial charge >= 0.3 is 0 Å². The first kappa shape index (κ1) is 12.2. The van der Waals surface area contributed by atoms with Crippen molar-refractivity contribution >= 4 is 11.6 Å². The molecule has 3 aliphatic rings. The molecule has 3 heteroatoms. The Kier molecular flexibility index (Phi) is 2.60. The van der Waals surface area contributed by atoms with Crippen LogP contribution in [0.1, 0.15) is 43.5 Å². The summed E-state index contributed by atoms with van der Waals surface area (Å²) in [5.74, 6) is 0.978. The highest BCUT2D eigenvalue weighted by Crippen LogP contribution is 2.42. The maximum atomic E-state index is 13.0. The summed E-state index contributed by atoms with van der Waals surface area (Å²) in [4.78, 5) is 17.6. The molecule has 106 valence electrons. The Balaban J connectivity index is 1.80. The van der Waals surface area contributed by atoms with Gasteiger partial charge in [0.25, 0.3) is 5.91 Å². The van der Waals surface area contributed by atoms with Crippen LogP contribution in [0.25, 0.3) is 0 Å². The number of rotatable bonds is 0. The minimum Gasteiger partial charge on any atom is -0.362 e. The molecule has 20 heavy (non-hydrogen) atoms. The van der Waals surface area contributed by atoms with E-state index in [1.54, 1.807) is 0 Å². The molecule has 0 aliphatic carbocycles. The third kappa shape index (κ3) is 1.68. The molecule has 4 rings (SSSR count). The van der Waals surface area contributed by atoms with Gasteiger partial charge in [-0.25, -0.2) is 0 Å². The summed E-state index contributed by atoms with van der Waals surface area (Å²) in [6.45, 7) is 5.67. The van der Waals surface area contributed by atoms with E-state index in [0.29, 0.717) is 18.1 Å². The number of hydrogen-bond donors (Lipinski definition) is 0. The Labute approximate surface area is 120 Å². The summed E-state index contributed by atoms with van der Waals surface area (Å²) < 4.78 is 0. The number of carbonyl (C=O) groups excluding carboxylic acids is 1. The van der Waals surface area contributed by atoms with Gasteiger partial charge < -0.3 is 9.80 Å². The zero-order chi connectivity index (χ0) is 13.9. The van der Waals surface area contributed by atoms with Crippen molar-refractivity contribution in [3.05, 3.63) is 29.8 Å². The Morgan fingerprint density at radius 3 is 2.75 bits per heavy atom. The van der Waals surface area contributed by atoms with Gasteiger partial charge in [0.15, 0.2) is 0 Å². The number of carbonyl (C=O) groups is 1. The normalized spacial score (nSPS) is 35.6. The van der Waals surface area contributed by atoms with Crippen molar-refractivity contribution in [2.45, 2.75) is 51.2 Å². The number of nitrogens with zero attached hydrogens (tertiary/aromatic N) is 2. The second-order valence-electron chi connectivity index (χ2n) is 6.78. The fourth-order valence-electron chi connectivity index (χ4n) is 4.27. The molecule has 0 radical (unpaired) electrons. The Morgan fingerprint density at radius 2 is 1.90 bits per heavy atom. The predicted molar refractivity (Wildman–Crippen MR) is 80.0 cm³/mol. The van der Waals surface area contributed by atoms with Gasteiger partial charge in [-0.1, -0.05) is 19.1 Å². The van der Waals surface area contributed by atoms with Crippen LogP contribution in [0.15, 0.2) is 24.3 Å². The van der Waals surface area contributed by atoms with Crippen LogP contribution in [-0.2, 0) is 0 Å². The average molecular weight is 270 g/mol. The predicted octanol–water partition coefficient (Wildman–Crippen LogP) is 2.91. The van der Waals surface area contributed by atoms with Gasteiger partial charge in [-0.3, -0.25) is 4.79 Å². The topological polar surface area (TPSA) is 23.3 Å². The van der Waals surface area contributed by atoms with Crippen LogP contribution in [0.5, 0.6) is 0 Å². The van der Waals surface area contributed by atoms with Gasteiger partial charge in [-0.15, -0.1) is 0 Å². The van der Waals surface area contributed by atoms with E-state index < -0.39 is 0 Å². The van der Waals surface area contributed by atoms with Crippen LogP contribution < -0.4 is 4.90 Å². The van der Waals surface area contributed by atoms with Gasteiger partial charge in [-0.05, 0) is 44.2 Å². The second kappa shape index (κ2) is 4.24. The van der Waals surface area contributed by atoms with Crippen LogP contribution in [-0.4, -0.2) is 35.5 Å². The minimum absolute atomic E-state index is 0.249. The Bertz CT molecular complexity index is 556. The highest BCUT2D eigenvalue weighted by Gasteiger charge is 2.50. The number of benzene rings is 1. The zero-order valence-electron chi connectivity index (χ0n) is 12.2. The van der Waals surface area contributed by atoms with Crippen molar-refractivity contribution in [3.8, 4) is 0 Å². The van der Waals surface area contributed by atoms with E-state index >= 15 is 0 Å². The van der Waals surface area contributed by atoms with Crippen molar-refractivity contribution in [3.63, 3.8) is 0 Å². The summed E-state index contributed by atoms with van der Waals surface area (Å²) in [5.41, 5.74) is 2.05. The highest BCUT2D eigenvalue weighted by molar-refractivity contribution is 6.01. The van der Waals surface area contributed by atoms with E-state index in [2.05, 4.69) is 29.7 Å². The molecule has 4 atom stereocenters. The maximum Gasteiger partial charge on any atom is 0.256 e. The summed E-state index contributed by atoms with van der Waals surface area (Å²) in [6, 6.07) is 9.46. The second-order valence-corrected chi connectivity index (χ2v) is 6.78. The standard InChI is InChI=1S/C17H22N2O/c1-11-7-8-15-16-10-18(16)14-6-4-3-5-13(14)17(20)19(15)12(2)9-11/h3-6,11-12,15-16H,7-10H2,1-2H3/t11?,12?,15-,16?,18?/m0/s1. The third-order valence-electron chi connectivity index (χ3n) is 5.30. The highest BCUT2D eigenvalue weighted by atomic mass is 16.2. The first-order valence-corrected chi connectivity index (χ1v) is 7.85. The molecule has 3 nitrogen and oxygen atoms in total. The van der Waals surface area contributed by atoms with E-state index in [1.807, 2.05) is 18.2 Å². The lowest BCUT2D eigenvalue weighted by Gasteiger charge is -2.33. The number of fused-ring (bicyclic) bond motifs is 5. The number of hydrogen-bond acceptors (Lipinski definition) is 2. The van der Waals surface area contributed by atoms with E-state index in [0.717, 1.165) is 36.6 Å². The molecule has 3 aliphatic heterocycles. The smallest absolute Gasteiger partial charge is 0.256 e. The van der Waals surface area contributed by atoms with E-state index in [9.17, 15) is 4.79 Å². The van der Waals surface area contributed by atoms with E-state index in [-0.39, 0.29) is 5.91 Å². The number of amides is 1. The first-order valence-electron chi connectivity index (χ1n) is 7.85. The molecule has 0 aromatic heterocycles. The molecule has 1 aromatic carbocycles. The number of anilines is 1. The molecule has 3 unspecified atom stereocenters. The summed E-state index contributed by atoms with van der Waals surface area (Å²) in [7, 11) is 0. The van der Waals surface area contributed by atoms with Crippen LogP contribution in [0.2, 0.25) is 0 Å². The molecule has 2 fully saturated rings. The van der Waals surface area contributed by atoms with Crippen LogP contribution >= 0.6 is 0 Å². The van der Waals surface area contributed by atoms with Crippen LogP contribution in [0.4, 0.5) is 5.69 Å². The molecule has 1 amide bonds. The Morgan fingerprint density at radius 1 is 1.10 bits per heavy atom. The lowest BCUT2D eigenvalue weighted by molar-refractivity contribution is 0.0599. The fraction of sp³-hybridized carbons (Fsp3) is 0.588. The molecule has 1 aromatic rings. The van der Waals surface area contributed by atoms with Crippen molar-refractivity contribution < 1.29 is 4.79 Å². The zero-order valence-corrected chi connectivity index (χ0v) is 12.2. The lowest BCUT2D eigenvalue weighted by atomic mass is 9.99. The molecule has 3 heterocycles. The maximum absolute atomic E-state index is 13.0. The fourth-order valence-corrected chi connectivity index (χ4v) is 4.27. The molecule has 0 saturated carbocycles. The molecular formula is C17H22N2O. The summed E-state index contributed by atoms with van der Waals surface area (Å²) in [6.07, 6.45) is 3.54. The molecule has 2 saturated heterocycles. The van der Waals surface area contributed by atoms with E-state index in [1.165, 1.54) is 6.42 Å². The van der Waals surface area contributed by atoms with Gasteiger partial charge in [0.05, 0.1) is 17.6 Å². The van der Waals surface area contributed by atoms with Crippen molar-refractivity contribution in [2.24, 2.45) is 5.92 Å². The largest absolute Gasteiger partial charge is 0.362 e. The van der Waals surface area contributed by atoms with Crippen molar-refractivity contribution in [2.75, 3.05) is 11.4 Å². The molecule has 0 N–H and O–H groups in total. The van der Waals surface area contributed by atoms with Crippen LogP contribution in [0, 0.1) is 5.92 Å². The van der Waals surface area contributed by atoms with Gasteiger partial charge in [0, 0.05) is 18.3 Å². The van der Waals surface area contributed by atoms with Gasteiger partial charge in [0.1, 0.15) is 0 Å². The Hall–Kier alpha value is -1.51. The van der Waals surface area contributed by atoms with Gasteiger partial charge in [0.2, 0.25) is 0 Å². The average Bonchev–Trinajstić information content (AvgIpc) is 3.22. The molecule has 0 spiro atoms. The van der Waals surface area contributed by atoms with E-state index in [4.69, 9.17) is 0 Å². The number of para-hydroxylation sites is 1. The minimum atomic E-state index is 0.249. The first-order chi connectivity index (χ1) is 9.66.